The number of nitrogens with zero attached hydrogens (tertiary/aromatic N) is 3. The molecule has 0 atom stereocenters. The van der Waals surface area contributed by atoms with Crippen molar-refractivity contribution in [2.45, 2.75) is 19.9 Å². The average molecular weight is 410 g/mol. The van der Waals surface area contributed by atoms with Gasteiger partial charge in [-0.1, -0.05) is 30.3 Å². The van der Waals surface area contributed by atoms with Gasteiger partial charge in [0.15, 0.2) is 0 Å². The highest BCUT2D eigenvalue weighted by Gasteiger charge is 2.20. The molecule has 3 rings (SSSR count). The predicted molar refractivity (Wildman–Crippen MR) is 113 cm³/mol. The summed E-state index contributed by atoms with van der Waals surface area (Å²) in [5.74, 6) is -0.644. The van der Waals surface area contributed by atoms with Crippen LogP contribution in [0.5, 0.6) is 0 Å². The molecular formula is C22H26N4O4. The molecule has 30 heavy (non-hydrogen) atoms. The van der Waals surface area contributed by atoms with Crippen molar-refractivity contribution in [3.05, 3.63) is 75.3 Å². The van der Waals surface area contributed by atoms with Gasteiger partial charge in [0, 0.05) is 50.4 Å². The summed E-state index contributed by atoms with van der Waals surface area (Å²) in [7, 11) is 0. The molecule has 1 heterocycles. The van der Waals surface area contributed by atoms with Gasteiger partial charge in [0.05, 0.1) is 11.5 Å². The standard InChI is InChI=1S/C22H26N4O4/c1-17-6-2-3-7-19(17)16-24-10-5-11-25(13-12-24)21(27)15-23-22(28)18-8-4-9-20(14-18)26(29)30/h2-4,6-9,14H,5,10-13,15-16H2,1H3,(H,23,28). The van der Waals surface area contributed by atoms with Crippen molar-refractivity contribution in [3.8, 4) is 0 Å². The fraction of sp³-hybridized carbons (Fsp3) is 0.364. The lowest BCUT2D eigenvalue weighted by Gasteiger charge is -2.22. The van der Waals surface area contributed by atoms with Crippen molar-refractivity contribution < 1.29 is 14.5 Å². The Hall–Kier alpha value is -3.26. The lowest BCUT2D eigenvalue weighted by Crippen LogP contribution is -2.42. The van der Waals surface area contributed by atoms with E-state index in [4.69, 9.17) is 0 Å². The summed E-state index contributed by atoms with van der Waals surface area (Å²) < 4.78 is 0. The predicted octanol–water partition coefficient (Wildman–Crippen LogP) is 2.37. The number of nitrogens with one attached hydrogen (secondary N) is 1. The Morgan fingerprint density at radius 3 is 2.63 bits per heavy atom. The van der Waals surface area contributed by atoms with E-state index < -0.39 is 10.8 Å². The van der Waals surface area contributed by atoms with Crippen molar-refractivity contribution >= 4 is 17.5 Å². The largest absolute Gasteiger partial charge is 0.343 e. The van der Waals surface area contributed by atoms with Gasteiger partial charge in [0.25, 0.3) is 11.6 Å². The maximum atomic E-state index is 12.6. The number of rotatable bonds is 6. The van der Waals surface area contributed by atoms with Gasteiger partial charge < -0.3 is 10.2 Å². The van der Waals surface area contributed by atoms with E-state index in [0.717, 1.165) is 26.1 Å². The van der Waals surface area contributed by atoms with E-state index in [-0.39, 0.29) is 23.7 Å². The summed E-state index contributed by atoms with van der Waals surface area (Å²) in [5.41, 5.74) is 2.56. The Morgan fingerprint density at radius 2 is 1.87 bits per heavy atom. The normalized spacial score (nSPS) is 14.8. The first-order valence-electron chi connectivity index (χ1n) is 10.0. The third-order valence-electron chi connectivity index (χ3n) is 5.32. The van der Waals surface area contributed by atoms with E-state index >= 15 is 0 Å². The number of nitro groups is 1. The highest BCUT2D eigenvalue weighted by Crippen LogP contribution is 2.14. The third-order valence-corrected chi connectivity index (χ3v) is 5.32. The smallest absolute Gasteiger partial charge is 0.270 e. The number of carbonyl (C=O) groups excluding carboxylic acids is 2. The summed E-state index contributed by atoms with van der Waals surface area (Å²) in [4.78, 5) is 39.2. The van der Waals surface area contributed by atoms with Crippen LogP contribution in [-0.4, -0.2) is 59.3 Å². The van der Waals surface area contributed by atoms with Gasteiger partial charge in [0.2, 0.25) is 5.91 Å². The second-order valence-electron chi connectivity index (χ2n) is 7.43. The Morgan fingerprint density at radius 1 is 1.07 bits per heavy atom. The van der Waals surface area contributed by atoms with Crippen LogP contribution in [0.25, 0.3) is 0 Å². The molecule has 0 bridgehead atoms. The topological polar surface area (TPSA) is 95.8 Å². The molecule has 2 amide bonds. The fourth-order valence-corrected chi connectivity index (χ4v) is 3.54. The highest BCUT2D eigenvalue weighted by atomic mass is 16.6. The molecule has 8 nitrogen and oxygen atoms in total. The number of aryl methyl sites for hydroxylation is 1. The molecule has 1 saturated heterocycles. The second kappa shape index (κ2) is 9.98. The Balaban J connectivity index is 1.50. The van der Waals surface area contributed by atoms with Gasteiger partial charge in [-0.15, -0.1) is 0 Å². The van der Waals surface area contributed by atoms with E-state index in [9.17, 15) is 19.7 Å². The van der Waals surface area contributed by atoms with Crippen LogP contribution in [-0.2, 0) is 11.3 Å². The van der Waals surface area contributed by atoms with Gasteiger partial charge in [0.1, 0.15) is 0 Å². The lowest BCUT2D eigenvalue weighted by molar-refractivity contribution is -0.384. The summed E-state index contributed by atoms with van der Waals surface area (Å²) in [5, 5.41) is 13.4. The number of carbonyl (C=O) groups is 2. The maximum Gasteiger partial charge on any atom is 0.270 e. The average Bonchev–Trinajstić information content (AvgIpc) is 2.99. The van der Waals surface area contributed by atoms with Crippen LogP contribution in [0.1, 0.15) is 27.9 Å². The van der Waals surface area contributed by atoms with Gasteiger partial charge in [-0.2, -0.15) is 0 Å². The second-order valence-corrected chi connectivity index (χ2v) is 7.43. The number of hydrogen-bond acceptors (Lipinski definition) is 5. The Labute approximate surface area is 175 Å². The summed E-state index contributed by atoms with van der Waals surface area (Å²) in [6, 6.07) is 13.8. The van der Waals surface area contributed by atoms with Gasteiger partial charge >= 0.3 is 0 Å². The molecule has 1 fully saturated rings. The van der Waals surface area contributed by atoms with Crippen molar-refractivity contribution in [3.63, 3.8) is 0 Å². The molecule has 2 aromatic carbocycles. The number of nitro benzene ring substituents is 1. The van der Waals surface area contributed by atoms with Crippen LogP contribution in [0.3, 0.4) is 0 Å². The van der Waals surface area contributed by atoms with E-state index in [0.29, 0.717) is 13.1 Å². The molecule has 0 saturated carbocycles. The summed E-state index contributed by atoms with van der Waals surface area (Å²) in [6.45, 7) is 5.79. The quantitative estimate of drug-likeness (QED) is 0.583. The molecule has 0 aliphatic carbocycles. The molecule has 1 N–H and O–H groups in total. The van der Waals surface area contributed by atoms with Crippen LogP contribution < -0.4 is 5.32 Å². The molecule has 0 radical (unpaired) electrons. The number of hydrogen-bond donors (Lipinski definition) is 1. The number of amides is 2. The zero-order chi connectivity index (χ0) is 21.5. The van der Waals surface area contributed by atoms with Crippen molar-refractivity contribution in [1.82, 2.24) is 15.1 Å². The van der Waals surface area contributed by atoms with Gasteiger partial charge in [-0.25, -0.2) is 0 Å². The molecule has 8 heteroatoms. The van der Waals surface area contributed by atoms with Gasteiger partial charge in [-0.3, -0.25) is 24.6 Å². The molecular weight excluding hydrogens is 384 g/mol. The third kappa shape index (κ3) is 5.64. The Kier molecular flexibility index (Phi) is 7.13. The molecule has 0 unspecified atom stereocenters. The monoisotopic (exact) mass is 410 g/mol. The lowest BCUT2D eigenvalue weighted by atomic mass is 10.1. The first-order valence-corrected chi connectivity index (χ1v) is 10.0. The first kappa shape index (κ1) is 21.4. The summed E-state index contributed by atoms with van der Waals surface area (Å²) >= 11 is 0. The van der Waals surface area contributed by atoms with Crippen LogP contribution in [0.15, 0.2) is 48.5 Å². The van der Waals surface area contributed by atoms with Crippen LogP contribution >= 0.6 is 0 Å². The maximum absolute atomic E-state index is 12.6. The molecule has 158 valence electrons. The molecule has 2 aromatic rings. The minimum Gasteiger partial charge on any atom is -0.343 e. The van der Waals surface area contributed by atoms with E-state index in [1.807, 2.05) is 12.1 Å². The van der Waals surface area contributed by atoms with Crippen LogP contribution in [0, 0.1) is 17.0 Å². The first-order chi connectivity index (χ1) is 14.4. The van der Waals surface area contributed by atoms with Crippen LogP contribution in [0.2, 0.25) is 0 Å². The fourth-order valence-electron chi connectivity index (χ4n) is 3.54. The van der Waals surface area contributed by atoms with E-state index in [2.05, 4.69) is 29.3 Å². The molecule has 1 aliphatic rings. The van der Waals surface area contributed by atoms with Crippen LogP contribution in [0.4, 0.5) is 5.69 Å². The Bertz CT molecular complexity index is 931. The molecule has 0 aromatic heterocycles. The van der Waals surface area contributed by atoms with Gasteiger partial charge in [-0.05, 0) is 30.5 Å². The number of non-ortho nitro benzene ring substituents is 1. The zero-order valence-electron chi connectivity index (χ0n) is 17.0. The van der Waals surface area contributed by atoms with Crippen molar-refractivity contribution in [2.24, 2.45) is 0 Å². The summed E-state index contributed by atoms with van der Waals surface area (Å²) in [6.07, 6.45) is 0.871. The number of benzene rings is 2. The van der Waals surface area contributed by atoms with Crippen molar-refractivity contribution in [1.29, 1.82) is 0 Å². The van der Waals surface area contributed by atoms with Crippen molar-refractivity contribution in [2.75, 3.05) is 32.7 Å². The highest BCUT2D eigenvalue weighted by molar-refractivity contribution is 5.96. The minimum absolute atomic E-state index is 0.126. The minimum atomic E-state index is -0.554. The molecule has 1 aliphatic heterocycles. The SMILES string of the molecule is Cc1ccccc1CN1CCCN(C(=O)CNC(=O)c2cccc([N+](=O)[O-])c2)CC1. The zero-order valence-corrected chi connectivity index (χ0v) is 17.0. The van der Waals surface area contributed by atoms with E-state index in [1.54, 1.807) is 4.90 Å². The molecule has 0 spiro atoms. The van der Waals surface area contributed by atoms with E-state index in [1.165, 1.54) is 35.4 Å².